The van der Waals surface area contributed by atoms with E-state index < -0.39 is 28.0 Å². The molecule has 2 fully saturated rings. The fourth-order valence-electron chi connectivity index (χ4n) is 3.64. The van der Waals surface area contributed by atoms with Crippen molar-refractivity contribution in [3.63, 3.8) is 0 Å². The number of halogens is 4. The van der Waals surface area contributed by atoms with Crippen LogP contribution in [0.3, 0.4) is 0 Å². The number of amides is 1. The standard InChI is InChI=1S/C18H22ClF3N2O3S/c19-15-4-2-10-24(12-15)28(26,27)16-7-5-13(6-8-16)17(25)23-9-1-3-14(11-23)18(20,21)22/h5-8,14-15H,1-4,9-12H2. The van der Waals surface area contributed by atoms with Crippen molar-refractivity contribution in [3.05, 3.63) is 29.8 Å². The topological polar surface area (TPSA) is 57.7 Å². The van der Waals surface area contributed by atoms with E-state index in [1.165, 1.54) is 33.5 Å². The Balaban J connectivity index is 1.72. The average Bonchev–Trinajstić information content (AvgIpc) is 2.67. The van der Waals surface area contributed by atoms with E-state index in [4.69, 9.17) is 11.6 Å². The lowest BCUT2D eigenvalue weighted by Crippen LogP contribution is -2.44. The first-order valence-electron chi connectivity index (χ1n) is 9.19. The first kappa shape index (κ1) is 21.4. The summed E-state index contributed by atoms with van der Waals surface area (Å²) in [5.74, 6) is -2.04. The molecule has 0 bridgehead atoms. The molecule has 0 saturated carbocycles. The van der Waals surface area contributed by atoms with Gasteiger partial charge in [-0.2, -0.15) is 17.5 Å². The second kappa shape index (κ2) is 8.20. The van der Waals surface area contributed by atoms with Gasteiger partial charge < -0.3 is 4.90 Å². The van der Waals surface area contributed by atoms with Crippen LogP contribution in [0.1, 0.15) is 36.0 Å². The molecule has 5 nitrogen and oxygen atoms in total. The number of alkyl halides is 4. The maximum Gasteiger partial charge on any atom is 0.393 e. The number of benzene rings is 1. The molecule has 1 aromatic rings. The Kier molecular flexibility index (Phi) is 6.26. The molecule has 0 radical (unpaired) electrons. The molecule has 2 aliphatic heterocycles. The van der Waals surface area contributed by atoms with Gasteiger partial charge in [-0.3, -0.25) is 4.79 Å². The molecular formula is C18H22ClF3N2O3S. The third-order valence-electron chi connectivity index (χ3n) is 5.24. The van der Waals surface area contributed by atoms with Gasteiger partial charge in [-0.15, -0.1) is 11.6 Å². The first-order chi connectivity index (χ1) is 13.1. The number of nitrogens with zero attached hydrogens (tertiary/aromatic N) is 2. The van der Waals surface area contributed by atoms with Gasteiger partial charge in [0.1, 0.15) is 0 Å². The van der Waals surface area contributed by atoms with E-state index in [2.05, 4.69) is 0 Å². The molecule has 0 spiro atoms. The summed E-state index contributed by atoms with van der Waals surface area (Å²) < 4.78 is 65.6. The molecule has 0 aromatic heterocycles. The van der Waals surface area contributed by atoms with Crippen LogP contribution in [0, 0.1) is 5.92 Å². The van der Waals surface area contributed by atoms with Gasteiger partial charge in [0.05, 0.1) is 10.8 Å². The Morgan fingerprint density at radius 1 is 1.04 bits per heavy atom. The Labute approximate surface area is 167 Å². The van der Waals surface area contributed by atoms with E-state index in [-0.39, 0.29) is 48.3 Å². The highest BCUT2D eigenvalue weighted by Crippen LogP contribution is 2.33. The molecule has 2 atom stereocenters. The summed E-state index contributed by atoms with van der Waals surface area (Å²) in [6.45, 7) is 0.514. The molecule has 0 N–H and O–H groups in total. The zero-order valence-electron chi connectivity index (χ0n) is 15.2. The van der Waals surface area contributed by atoms with Crippen LogP contribution >= 0.6 is 11.6 Å². The zero-order chi connectivity index (χ0) is 20.5. The number of likely N-dealkylation sites (tertiary alicyclic amines) is 1. The molecule has 1 aromatic carbocycles. The van der Waals surface area contributed by atoms with E-state index in [0.717, 1.165) is 6.42 Å². The van der Waals surface area contributed by atoms with E-state index >= 15 is 0 Å². The van der Waals surface area contributed by atoms with Crippen LogP contribution in [-0.2, 0) is 10.0 Å². The van der Waals surface area contributed by atoms with Gasteiger partial charge >= 0.3 is 6.18 Å². The number of piperidine rings is 2. The van der Waals surface area contributed by atoms with Crippen molar-refractivity contribution in [1.29, 1.82) is 0 Å². The van der Waals surface area contributed by atoms with Gasteiger partial charge in [-0.25, -0.2) is 8.42 Å². The predicted molar refractivity (Wildman–Crippen MR) is 98.8 cm³/mol. The quantitative estimate of drug-likeness (QED) is 0.679. The molecule has 2 saturated heterocycles. The van der Waals surface area contributed by atoms with E-state index in [1.54, 1.807) is 0 Å². The van der Waals surface area contributed by atoms with Crippen LogP contribution in [0.5, 0.6) is 0 Å². The lowest BCUT2D eigenvalue weighted by atomic mass is 9.97. The minimum absolute atomic E-state index is 0.0157. The molecule has 2 aliphatic rings. The Morgan fingerprint density at radius 2 is 1.68 bits per heavy atom. The smallest absolute Gasteiger partial charge is 0.338 e. The lowest BCUT2D eigenvalue weighted by molar-refractivity contribution is -0.184. The molecule has 10 heteroatoms. The second-order valence-corrected chi connectivity index (χ2v) is 9.81. The normalized spacial score (nSPS) is 24.9. The number of carbonyl (C=O) groups excluding carboxylic acids is 1. The van der Waals surface area contributed by atoms with Crippen LogP contribution in [0.25, 0.3) is 0 Å². The molecule has 28 heavy (non-hydrogen) atoms. The molecule has 0 aliphatic carbocycles. The minimum atomic E-state index is -4.33. The number of carbonyl (C=O) groups is 1. The van der Waals surface area contributed by atoms with Crippen molar-refractivity contribution in [3.8, 4) is 0 Å². The summed E-state index contributed by atoms with van der Waals surface area (Å²) in [6, 6.07) is 5.36. The maximum atomic E-state index is 13.0. The van der Waals surface area contributed by atoms with Crippen molar-refractivity contribution >= 4 is 27.5 Å². The Hall–Kier alpha value is -1.32. The average molecular weight is 439 g/mol. The third-order valence-corrected chi connectivity index (χ3v) is 7.47. The number of hydrogen-bond acceptors (Lipinski definition) is 3. The first-order valence-corrected chi connectivity index (χ1v) is 11.1. The van der Waals surface area contributed by atoms with E-state index in [9.17, 15) is 26.4 Å². The molecule has 156 valence electrons. The van der Waals surface area contributed by atoms with Crippen molar-refractivity contribution in [2.75, 3.05) is 26.2 Å². The number of rotatable bonds is 3. The summed E-state index contributed by atoms with van der Waals surface area (Å²) in [5, 5.41) is -0.231. The van der Waals surface area contributed by atoms with Gasteiger partial charge in [-0.05, 0) is 49.9 Å². The summed E-state index contributed by atoms with van der Waals surface area (Å²) in [4.78, 5) is 13.8. The van der Waals surface area contributed by atoms with Gasteiger partial charge in [-0.1, -0.05) is 0 Å². The zero-order valence-corrected chi connectivity index (χ0v) is 16.7. The number of hydrogen-bond donors (Lipinski definition) is 0. The van der Waals surface area contributed by atoms with E-state index in [0.29, 0.717) is 13.0 Å². The van der Waals surface area contributed by atoms with Gasteiger partial charge in [0.15, 0.2) is 0 Å². The summed E-state index contributed by atoms with van der Waals surface area (Å²) >= 11 is 6.07. The summed E-state index contributed by atoms with van der Waals surface area (Å²) in [5.41, 5.74) is 0.177. The van der Waals surface area contributed by atoms with Crippen molar-refractivity contribution in [1.82, 2.24) is 9.21 Å². The van der Waals surface area contributed by atoms with Crippen LogP contribution < -0.4 is 0 Å². The fourth-order valence-corrected chi connectivity index (χ4v) is 5.57. The van der Waals surface area contributed by atoms with Gasteiger partial charge in [0, 0.05) is 37.1 Å². The Morgan fingerprint density at radius 3 is 2.29 bits per heavy atom. The highest BCUT2D eigenvalue weighted by Gasteiger charge is 2.42. The molecular weight excluding hydrogens is 417 g/mol. The lowest BCUT2D eigenvalue weighted by Gasteiger charge is -2.33. The van der Waals surface area contributed by atoms with Crippen molar-refractivity contribution < 1.29 is 26.4 Å². The Bertz CT molecular complexity index is 814. The predicted octanol–water partition coefficient (Wildman–Crippen LogP) is 3.49. The second-order valence-electron chi connectivity index (χ2n) is 7.26. The maximum absolute atomic E-state index is 13.0. The van der Waals surface area contributed by atoms with Crippen LogP contribution in [0.2, 0.25) is 0 Å². The molecule has 2 heterocycles. The fraction of sp³-hybridized carbons (Fsp3) is 0.611. The third kappa shape index (κ3) is 4.63. The highest BCUT2D eigenvalue weighted by atomic mass is 35.5. The van der Waals surface area contributed by atoms with E-state index in [1.807, 2.05) is 0 Å². The minimum Gasteiger partial charge on any atom is -0.338 e. The van der Waals surface area contributed by atoms with Crippen LogP contribution in [0.4, 0.5) is 13.2 Å². The molecule has 1 amide bonds. The number of sulfonamides is 1. The molecule has 2 unspecified atom stereocenters. The monoisotopic (exact) mass is 438 g/mol. The SMILES string of the molecule is O=C(c1ccc(S(=O)(=O)N2CCCC(Cl)C2)cc1)N1CCCC(C(F)(F)F)C1. The van der Waals surface area contributed by atoms with Crippen LogP contribution in [0.15, 0.2) is 29.2 Å². The van der Waals surface area contributed by atoms with Crippen LogP contribution in [-0.4, -0.2) is 61.3 Å². The van der Waals surface area contributed by atoms with Gasteiger partial charge in [0.25, 0.3) is 5.91 Å². The largest absolute Gasteiger partial charge is 0.393 e. The summed E-state index contributed by atoms with van der Waals surface area (Å²) in [6.07, 6.45) is -2.58. The van der Waals surface area contributed by atoms with Crippen molar-refractivity contribution in [2.45, 2.75) is 42.1 Å². The van der Waals surface area contributed by atoms with Gasteiger partial charge in [0.2, 0.25) is 10.0 Å². The molecule has 3 rings (SSSR count). The highest BCUT2D eigenvalue weighted by molar-refractivity contribution is 7.89. The van der Waals surface area contributed by atoms with Crippen molar-refractivity contribution in [2.24, 2.45) is 5.92 Å². The summed E-state index contributed by atoms with van der Waals surface area (Å²) in [7, 11) is -3.72.